The lowest BCUT2D eigenvalue weighted by molar-refractivity contribution is -0.114. The van der Waals surface area contributed by atoms with Gasteiger partial charge in [0.1, 0.15) is 11.6 Å². The number of hydrogen-bond acceptors (Lipinski definition) is 9. The van der Waals surface area contributed by atoms with E-state index in [4.69, 9.17) is 32.4 Å². The third-order valence-electron chi connectivity index (χ3n) is 3.06. The van der Waals surface area contributed by atoms with E-state index in [0.717, 1.165) is 0 Å². The smallest absolute Gasteiger partial charge is 0.434 e. The van der Waals surface area contributed by atoms with Crippen molar-refractivity contribution in [2.24, 2.45) is 11.7 Å². The summed E-state index contributed by atoms with van der Waals surface area (Å²) < 4.78 is 9.76. The Kier molecular flexibility index (Phi) is 9.04. The molecule has 1 amide bonds. The second-order valence-electron chi connectivity index (χ2n) is 6.02. The molecular formula is C18H26N6O4. The summed E-state index contributed by atoms with van der Waals surface area (Å²) in [6.07, 6.45) is -0.721. The normalized spacial score (nSPS) is 9.86. The Morgan fingerprint density at radius 3 is 2.32 bits per heavy atom. The molecule has 0 spiro atoms. The van der Waals surface area contributed by atoms with Crippen molar-refractivity contribution >= 4 is 35.1 Å². The fourth-order valence-electron chi connectivity index (χ4n) is 1.68. The number of anilines is 4. The summed E-state index contributed by atoms with van der Waals surface area (Å²) in [5, 5.41) is 2.45. The molecule has 1 aromatic heterocycles. The predicted octanol–water partition coefficient (Wildman–Crippen LogP) is 1.58. The Morgan fingerprint density at radius 2 is 1.75 bits per heavy atom. The van der Waals surface area contributed by atoms with Crippen molar-refractivity contribution in [3.05, 3.63) is 36.4 Å². The largest absolute Gasteiger partial charge is 0.513 e. The highest BCUT2D eigenvalue weighted by Gasteiger charge is 2.08. The van der Waals surface area contributed by atoms with E-state index in [2.05, 4.69) is 10.3 Å². The highest BCUT2D eigenvalue weighted by Crippen LogP contribution is 2.20. The molecular weight excluding hydrogens is 364 g/mol. The van der Waals surface area contributed by atoms with Crippen LogP contribution in [0.2, 0.25) is 0 Å². The van der Waals surface area contributed by atoms with Crippen LogP contribution in [0.25, 0.3) is 0 Å². The molecule has 28 heavy (non-hydrogen) atoms. The second-order valence-corrected chi connectivity index (χ2v) is 6.02. The zero-order valence-corrected chi connectivity index (χ0v) is 15.8. The number of pyridine rings is 1. The molecule has 152 valence electrons. The molecule has 10 heteroatoms. The number of ether oxygens (including phenoxy) is 2. The maximum absolute atomic E-state index is 11.2. The van der Waals surface area contributed by atoms with Crippen LogP contribution in [0.5, 0.6) is 5.75 Å². The Balaban J connectivity index is 0.000000283. The summed E-state index contributed by atoms with van der Waals surface area (Å²) in [6, 6.07) is 9.90. The van der Waals surface area contributed by atoms with Crippen LogP contribution < -0.4 is 33.0 Å². The van der Waals surface area contributed by atoms with E-state index in [-0.39, 0.29) is 24.2 Å². The topological polar surface area (TPSA) is 182 Å². The highest BCUT2D eigenvalue weighted by molar-refractivity contribution is 5.91. The lowest BCUT2D eigenvalue weighted by Gasteiger charge is -2.08. The fourth-order valence-corrected chi connectivity index (χ4v) is 1.68. The fraction of sp³-hybridized carbons (Fsp3) is 0.278. The first-order chi connectivity index (χ1) is 13.2. The van der Waals surface area contributed by atoms with E-state index in [9.17, 15) is 9.59 Å². The number of nitrogens with one attached hydrogen (secondary N) is 1. The third kappa shape index (κ3) is 8.23. The molecule has 0 saturated heterocycles. The zero-order chi connectivity index (χ0) is 21.1. The maximum Gasteiger partial charge on any atom is 0.513 e. The first-order valence-corrected chi connectivity index (χ1v) is 8.44. The minimum Gasteiger partial charge on any atom is -0.434 e. The number of hydrogen-bond donors (Lipinski definition) is 5. The van der Waals surface area contributed by atoms with Gasteiger partial charge in [0, 0.05) is 0 Å². The van der Waals surface area contributed by atoms with Gasteiger partial charge < -0.3 is 37.7 Å². The van der Waals surface area contributed by atoms with Gasteiger partial charge in [-0.05, 0) is 30.2 Å². The van der Waals surface area contributed by atoms with E-state index in [1.54, 1.807) is 36.4 Å². The van der Waals surface area contributed by atoms with E-state index in [0.29, 0.717) is 29.5 Å². The molecule has 0 saturated carbocycles. The number of aromatic nitrogens is 1. The number of nitrogens with two attached hydrogens (primary N) is 4. The Hall–Kier alpha value is -3.53. The quantitative estimate of drug-likeness (QED) is 0.287. The van der Waals surface area contributed by atoms with Crippen LogP contribution in [0.1, 0.15) is 13.8 Å². The standard InChI is InChI=1S/C11H15NO3.C7H11N5O/c1-8(2)7-14-11(13)15-10-6-4-3-5-9(10)12;8-3-6(13)11-5-2-1-4(9)7(10)12-5/h3-6,8H,7,12H2,1-2H3;1-2H,3,8-9H2,(H3,10,11,12,13). The number of rotatable bonds is 5. The monoisotopic (exact) mass is 390 g/mol. The van der Waals surface area contributed by atoms with E-state index >= 15 is 0 Å². The van der Waals surface area contributed by atoms with Crippen LogP contribution in [-0.2, 0) is 9.53 Å². The molecule has 10 nitrogen and oxygen atoms in total. The van der Waals surface area contributed by atoms with Gasteiger partial charge in [-0.25, -0.2) is 9.78 Å². The van der Waals surface area contributed by atoms with Crippen LogP contribution in [0, 0.1) is 5.92 Å². The number of para-hydroxylation sites is 2. The molecule has 9 N–H and O–H groups in total. The minimum atomic E-state index is -0.721. The van der Waals surface area contributed by atoms with Crippen molar-refractivity contribution in [2.45, 2.75) is 13.8 Å². The molecule has 0 fully saturated rings. The van der Waals surface area contributed by atoms with Gasteiger partial charge in [-0.1, -0.05) is 26.0 Å². The molecule has 1 heterocycles. The number of carbonyl (C=O) groups excluding carboxylic acids is 2. The average Bonchev–Trinajstić information content (AvgIpc) is 2.65. The van der Waals surface area contributed by atoms with Gasteiger partial charge in [-0.2, -0.15) is 0 Å². The van der Waals surface area contributed by atoms with Gasteiger partial charge >= 0.3 is 6.16 Å². The molecule has 0 aliphatic heterocycles. The highest BCUT2D eigenvalue weighted by atomic mass is 16.7. The molecule has 0 bridgehead atoms. The summed E-state index contributed by atoms with van der Waals surface area (Å²) in [6.45, 7) is 4.14. The number of nitrogen functional groups attached to an aromatic ring is 3. The van der Waals surface area contributed by atoms with Crippen LogP contribution >= 0.6 is 0 Å². The summed E-state index contributed by atoms with van der Waals surface area (Å²) in [7, 11) is 0. The first-order valence-electron chi connectivity index (χ1n) is 8.44. The van der Waals surface area contributed by atoms with E-state index in [1.165, 1.54) is 0 Å². The van der Waals surface area contributed by atoms with Gasteiger partial charge in [0.2, 0.25) is 5.91 Å². The summed E-state index contributed by atoms with van der Waals surface area (Å²) in [5.74, 6) is 0.825. The van der Waals surface area contributed by atoms with Crippen LogP contribution in [0.4, 0.5) is 27.8 Å². The van der Waals surface area contributed by atoms with Gasteiger partial charge in [-0.15, -0.1) is 0 Å². The van der Waals surface area contributed by atoms with E-state index in [1.807, 2.05) is 13.8 Å². The lowest BCUT2D eigenvalue weighted by atomic mass is 10.2. The summed E-state index contributed by atoms with van der Waals surface area (Å²) in [5.41, 5.74) is 22.3. The Morgan fingerprint density at radius 1 is 1.07 bits per heavy atom. The van der Waals surface area contributed by atoms with Gasteiger partial charge in [-0.3, -0.25) is 4.79 Å². The summed E-state index contributed by atoms with van der Waals surface area (Å²) >= 11 is 0. The molecule has 0 atom stereocenters. The number of carbonyl (C=O) groups is 2. The first kappa shape index (κ1) is 22.5. The minimum absolute atomic E-state index is 0.0913. The lowest BCUT2D eigenvalue weighted by Crippen LogP contribution is -2.22. The molecule has 0 aliphatic carbocycles. The van der Waals surface area contributed by atoms with Crippen molar-refractivity contribution in [3.8, 4) is 5.75 Å². The summed E-state index contributed by atoms with van der Waals surface area (Å²) in [4.78, 5) is 25.8. The Bertz CT molecular complexity index is 797. The number of benzene rings is 1. The van der Waals surface area contributed by atoms with Crippen molar-refractivity contribution in [1.82, 2.24) is 4.98 Å². The van der Waals surface area contributed by atoms with Crippen LogP contribution in [-0.4, -0.2) is 30.2 Å². The molecule has 0 unspecified atom stereocenters. The van der Waals surface area contributed by atoms with Crippen molar-refractivity contribution in [1.29, 1.82) is 0 Å². The van der Waals surface area contributed by atoms with Crippen LogP contribution in [0.3, 0.4) is 0 Å². The number of amides is 1. The van der Waals surface area contributed by atoms with Crippen molar-refractivity contribution in [2.75, 3.05) is 35.7 Å². The average molecular weight is 390 g/mol. The predicted molar refractivity (Wildman–Crippen MR) is 108 cm³/mol. The zero-order valence-electron chi connectivity index (χ0n) is 15.8. The van der Waals surface area contributed by atoms with Crippen molar-refractivity contribution < 1.29 is 19.1 Å². The second kappa shape index (κ2) is 11.2. The Labute approximate surface area is 163 Å². The third-order valence-corrected chi connectivity index (χ3v) is 3.06. The molecule has 0 aliphatic rings. The van der Waals surface area contributed by atoms with Gasteiger partial charge in [0.15, 0.2) is 5.75 Å². The van der Waals surface area contributed by atoms with Crippen LogP contribution in [0.15, 0.2) is 36.4 Å². The molecule has 2 aromatic rings. The van der Waals surface area contributed by atoms with Gasteiger partial charge in [0.25, 0.3) is 0 Å². The van der Waals surface area contributed by atoms with Crippen molar-refractivity contribution in [3.63, 3.8) is 0 Å². The molecule has 0 radical (unpaired) electrons. The SMILES string of the molecule is CC(C)COC(=O)Oc1ccccc1N.NCC(=O)Nc1ccc(N)c(N)n1. The number of nitrogens with zero attached hydrogens (tertiary/aromatic N) is 1. The van der Waals surface area contributed by atoms with E-state index < -0.39 is 6.16 Å². The maximum atomic E-state index is 11.2. The van der Waals surface area contributed by atoms with Gasteiger partial charge in [0.05, 0.1) is 24.5 Å². The molecule has 2 rings (SSSR count). The molecule has 1 aromatic carbocycles.